The first kappa shape index (κ1) is 10.1. The molecule has 1 rings (SSSR count). The molecule has 0 aromatic heterocycles. The fourth-order valence-electron chi connectivity index (χ4n) is 1.13. The predicted octanol–water partition coefficient (Wildman–Crippen LogP) is 2.90. The molecule has 0 saturated heterocycles. The molecule has 0 aliphatic heterocycles. The van der Waals surface area contributed by atoms with E-state index in [1.54, 1.807) is 13.1 Å². The van der Waals surface area contributed by atoms with Crippen LogP contribution in [-0.2, 0) is 0 Å². The van der Waals surface area contributed by atoms with Crippen LogP contribution < -0.4 is 5.32 Å². The number of nitrogens with one attached hydrogen (secondary N) is 1. The maximum atomic E-state index is 12.3. The van der Waals surface area contributed by atoms with E-state index in [2.05, 4.69) is 5.32 Å². The lowest BCUT2D eigenvalue weighted by Crippen LogP contribution is -2.12. The van der Waals surface area contributed by atoms with Crippen molar-refractivity contribution in [1.29, 1.82) is 0 Å². The molecule has 0 fully saturated rings. The van der Waals surface area contributed by atoms with Gasteiger partial charge in [-0.2, -0.15) is 0 Å². The average Bonchev–Trinajstić information content (AvgIpc) is 2.17. The molecule has 3 heteroatoms. The number of halogens is 2. The minimum Gasteiger partial charge on any atom is -0.313 e. The van der Waals surface area contributed by atoms with E-state index in [0.29, 0.717) is 0 Å². The Balaban J connectivity index is 2.91. The Morgan fingerprint density at radius 2 is 1.85 bits per heavy atom. The van der Waals surface area contributed by atoms with Crippen LogP contribution in [-0.4, -0.2) is 7.05 Å². The van der Waals surface area contributed by atoms with E-state index < -0.39 is 6.43 Å². The van der Waals surface area contributed by atoms with Crippen LogP contribution in [0.4, 0.5) is 8.78 Å². The van der Waals surface area contributed by atoms with Gasteiger partial charge in [0.25, 0.3) is 6.43 Å². The molecule has 0 heterocycles. The second-order valence-electron chi connectivity index (χ2n) is 2.98. The van der Waals surface area contributed by atoms with Gasteiger partial charge in [0.15, 0.2) is 0 Å². The number of alkyl halides is 2. The maximum absolute atomic E-state index is 12.3. The van der Waals surface area contributed by atoms with Crippen LogP contribution in [0.2, 0.25) is 0 Å². The van der Waals surface area contributed by atoms with Gasteiger partial charge in [0.05, 0.1) is 0 Å². The van der Waals surface area contributed by atoms with Crippen molar-refractivity contribution in [3.8, 4) is 0 Å². The molecule has 72 valence electrons. The minimum absolute atomic E-state index is 0.0830. The SMILES string of the molecule is CN[C@@H](C)c1cccc(C(F)F)c1. The van der Waals surface area contributed by atoms with Crippen molar-refractivity contribution >= 4 is 0 Å². The van der Waals surface area contributed by atoms with Crippen molar-refractivity contribution in [2.75, 3.05) is 7.05 Å². The topological polar surface area (TPSA) is 12.0 Å². The molecule has 0 amide bonds. The van der Waals surface area contributed by atoms with Crippen molar-refractivity contribution in [1.82, 2.24) is 5.32 Å². The highest BCUT2D eigenvalue weighted by atomic mass is 19.3. The summed E-state index contributed by atoms with van der Waals surface area (Å²) >= 11 is 0. The van der Waals surface area contributed by atoms with Crippen LogP contribution in [0.1, 0.15) is 30.5 Å². The van der Waals surface area contributed by atoms with Crippen LogP contribution in [0, 0.1) is 0 Å². The highest BCUT2D eigenvalue weighted by Crippen LogP contribution is 2.21. The van der Waals surface area contributed by atoms with Gasteiger partial charge in [-0.1, -0.05) is 18.2 Å². The lowest BCUT2D eigenvalue weighted by Gasteiger charge is -2.11. The number of benzene rings is 1. The number of rotatable bonds is 3. The molecular formula is C10H13F2N. The maximum Gasteiger partial charge on any atom is 0.263 e. The van der Waals surface area contributed by atoms with Gasteiger partial charge in [-0.05, 0) is 25.6 Å². The predicted molar refractivity (Wildman–Crippen MR) is 48.9 cm³/mol. The first-order valence-corrected chi connectivity index (χ1v) is 4.20. The molecule has 1 nitrogen and oxygen atoms in total. The van der Waals surface area contributed by atoms with Crippen molar-refractivity contribution in [3.05, 3.63) is 35.4 Å². The summed E-state index contributed by atoms with van der Waals surface area (Å²) in [6.07, 6.45) is -2.39. The largest absolute Gasteiger partial charge is 0.313 e. The van der Waals surface area contributed by atoms with Crippen LogP contribution in [0.5, 0.6) is 0 Å². The standard InChI is InChI=1S/C10H13F2N/c1-7(13-2)8-4-3-5-9(6-8)10(11)12/h3-7,10,13H,1-2H3/t7-/m0/s1. The first-order valence-electron chi connectivity index (χ1n) is 4.20. The first-order chi connectivity index (χ1) is 6.15. The van der Waals surface area contributed by atoms with Gasteiger partial charge in [0.1, 0.15) is 0 Å². The van der Waals surface area contributed by atoms with Crippen LogP contribution in [0.25, 0.3) is 0 Å². The van der Waals surface area contributed by atoms with Crippen molar-refractivity contribution < 1.29 is 8.78 Å². The average molecular weight is 185 g/mol. The zero-order valence-corrected chi connectivity index (χ0v) is 7.72. The van der Waals surface area contributed by atoms with E-state index in [1.807, 2.05) is 13.0 Å². The highest BCUT2D eigenvalue weighted by Gasteiger charge is 2.09. The molecule has 0 aliphatic rings. The summed E-state index contributed by atoms with van der Waals surface area (Å²) in [5.74, 6) is 0. The van der Waals surface area contributed by atoms with Crippen molar-refractivity contribution in [3.63, 3.8) is 0 Å². The second-order valence-corrected chi connectivity index (χ2v) is 2.98. The van der Waals surface area contributed by atoms with E-state index in [9.17, 15) is 8.78 Å². The molecule has 0 unspecified atom stereocenters. The zero-order valence-electron chi connectivity index (χ0n) is 7.72. The molecule has 0 radical (unpaired) electrons. The summed E-state index contributed by atoms with van der Waals surface area (Å²) in [5, 5.41) is 3.00. The van der Waals surface area contributed by atoms with Gasteiger partial charge in [0, 0.05) is 11.6 Å². The molecule has 0 saturated carbocycles. The number of hydrogen-bond acceptors (Lipinski definition) is 1. The normalized spacial score (nSPS) is 13.3. The Labute approximate surface area is 76.8 Å². The Hall–Kier alpha value is -0.960. The fourth-order valence-corrected chi connectivity index (χ4v) is 1.13. The third kappa shape index (κ3) is 2.49. The van der Waals surface area contributed by atoms with Crippen LogP contribution >= 0.6 is 0 Å². The minimum atomic E-state index is -2.39. The summed E-state index contributed by atoms with van der Waals surface area (Å²) in [6.45, 7) is 1.94. The quantitative estimate of drug-likeness (QED) is 0.763. The van der Waals surface area contributed by atoms with Crippen molar-refractivity contribution in [2.45, 2.75) is 19.4 Å². The third-order valence-electron chi connectivity index (χ3n) is 2.10. The summed E-state index contributed by atoms with van der Waals surface area (Å²) in [6, 6.07) is 6.58. The monoisotopic (exact) mass is 185 g/mol. The number of hydrogen-bond donors (Lipinski definition) is 1. The molecule has 1 N–H and O–H groups in total. The van der Waals surface area contributed by atoms with E-state index in [0.717, 1.165) is 5.56 Å². The summed E-state index contributed by atoms with van der Waals surface area (Å²) < 4.78 is 24.6. The molecule has 1 aromatic carbocycles. The van der Waals surface area contributed by atoms with Gasteiger partial charge < -0.3 is 5.32 Å². The van der Waals surface area contributed by atoms with E-state index in [4.69, 9.17) is 0 Å². The lowest BCUT2D eigenvalue weighted by atomic mass is 10.1. The lowest BCUT2D eigenvalue weighted by molar-refractivity contribution is 0.151. The third-order valence-corrected chi connectivity index (χ3v) is 2.10. The molecule has 0 aliphatic carbocycles. The molecule has 0 bridgehead atoms. The van der Waals surface area contributed by atoms with Gasteiger partial charge in [-0.3, -0.25) is 0 Å². The summed E-state index contributed by atoms with van der Waals surface area (Å²) in [4.78, 5) is 0. The van der Waals surface area contributed by atoms with Crippen LogP contribution in [0.15, 0.2) is 24.3 Å². The van der Waals surface area contributed by atoms with E-state index >= 15 is 0 Å². The van der Waals surface area contributed by atoms with Gasteiger partial charge in [0.2, 0.25) is 0 Å². The molecule has 1 aromatic rings. The van der Waals surface area contributed by atoms with Gasteiger partial charge in [-0.25, -0.2) is 8.78 Å². The zero-order chi connectivity index (χ0) is 9.84. The molecular weight excluding hydrogens is 172 g/mol. The van der Waals surface area contributed by atoms with E-state index in [1.165, 1.54) is 12.1 Å². The van der Waals surface area contributed by atoms with Gasteiger partial charge in [-0.15, -0.1) is 0 Å². The molecule has 13 heavy (non-hydrogen) atoms. The Kier molecular flexibility index (Phi) is 3.37. The summed E-state index contributed by atoms with van der Waals surface area (Å²) in [7, 11) is 1.81. The highest BCUT2D eigenvalue weighted by molar-refractivity contribution is 5.26. The fraction of sp³-hybridized carbons (Fsp3) is 0.400. The van der Waals surface area contributed by atoms with Crippen molar-refractivity contribution in [2.24, 2.45) is 0 Å². The Morgan fingerprint density at radius 3 is 2.38 bits per heavy atom. The van der Waals surface area contributed by atoms with E-state index in [-0.39, 0.29) is 11.6 Å². The Morgan fingerprint density at radius 1 is 1.23 bits per heavy atom. The smallest absolute Gasteiger partial charge is 0.263 e. The second kappa shape index (κ2) is 4.33. The Bertz CT molecular complexity index is 273. The van der Waals surface area contributed by atoms with Gasteiger partial charge >= 0.3 is 0 Å². The summed E-state index contributed by atoms with van der Waals surface area (Å²) in [5.41, 5.74) is 0.972. The molecule has 1 atom stereocenters. The van der Waals surface area contributed by atoms with Crippen LogP contribution in [0.3, 0.4) is 0 Å². The molecule has 0 spiro atoms.